The van der Waals surface area contributed by atoms with Crippen molar-refractivity contribution in [2.75, 3.05) is 5.73 Å². The summed E-state index contributed by atoms with van der Waals surface area (Å²) in [4.78, 5) is 8.45. The summed E-state index contributed by atoms with van der Waals surface area (Å²) in [6.07, 6.45) is 1.40. The van der Waals surface area contributed by atoms with Crippen LogP contribution in [0.25, 0.3) is 27.6 Å². The molecule has 130 valence electrons. The molecule has 0 fully saturated rings. The normalized spacial score (nSPS) is 11.1. The van der Waals surface area contributed by atoms with Crippen LogP contribution in [0.1, 0.15) is 0 Å². The van der Waals surface area contributed by atoms with E-state index < -0.39 is 0 Å². The number of nitrogens with zero attached hydrogens (tertiary/aromatic N) is 5. The molecule has 0 spiro atoms. The number of anilines is 1. The first-order valence-corrected chi connectivity index (χ1v) is 8.37. The van der Waals surface area contributed by atoms with Gasteiger partial charge in [-0.05, 0) is 35.0 Å². The summed E-state index contributed by atoms with van der Waals surface area (Å²) in [6.45, 7) is 0. The summed E-state index contributed by atoms with van der Waals surface area (Å²) in [5.41, 5.74) is 8.14. The van der Waals surface area contributed by atoms with Crippen molar-refractivity contribution >= 4 is 27.5 Å². The van der Waals surface area contributed by atoms with Gasteiger partial charge in [-0.25, -0.2) is 4.98 Å². The van der Waals surface area contributed by atoms with E-state index >= 15 is 0 Å². The number of hydrogen-bond acceptors (Lipinski definition) is 6. The highest BCUT2D eigenvalue weighted by Crippen LogP contribution is 2.30. The molecular formula is C20H14N6O. The topological polar surface area (TPSA) is 91.7 Å². The molecule has 0 radical (unpaired) electrons. The molecule has 3 aromatic carbocycles. The molecule has 7 heteroatoms. The minimum absolute atomic E-state index is 0.273. The molecule has 5 rings (SSSR count). The maximum atomic E-state index is 6.29. The average molecular weight is 354 g/mol. The molecule has 2 N–H and O–H groups in total. The fourth-order valence-electron chi connectivity index (χ4n) is 2.99. The van der Waals surface area contributed by atoms with Crippen LogP contribution in [0.4, 0.5) is 5.69 Å². The summed E-state index contributed by atoms with van der Waals surface area (Å²) >= 11 is 0. The van der Waals surface area contributed by atoms with E-state index in [1.165, 1.54) is 6.33 Å². The van der Waals surface area contributed by atoms with Gasteiger partial charge in [0, 0.05) is 0 Å². The van der Waals surface area contributed by atoms with Crippen LogP contribution in [-0.2, 0) is 0 Å². The van der Waals surface area contributed by atoms with Crippen LogP contribution < -0.4 is 10.5 Å². The van der Waals surface area contributed by atoms with Gasteiger partial charge in [0.05, 0.1) is 5.52 Å². The predicted octanol–water partition coefficient (Wildman–Crippen LogP) is 3.74. The highest BCUT2D eigenvalue weighted by atomic mass is 16.5. The van der Waals surface area contributed by atoms with Crippen LogP contribution in [0.3, 0.4) is 0 Å². The van der Waals surface area contributed by atoms with Crippen molar-refractivity contribution in [3.63, 3.8) is 0 Å². The SMILES string of the molecule is Nc1c(Oc2ccc3ccccc3c2)ncnc1-n1nnc2ccccc21. The van der Waals surface area contributed by atoms with Gasteiger partial charge >= 0.3 is 0 Å². The number of rotatable bonds is 3. The zero-order valence-corrected chi connectivity index (χ0v) is 14.1. The lowest BCUT2D eigenvalue weighted by Crippen LogP contribution is -2.07. The van der Waals surface area contributed by atoms with Crippen molar-refractivity contribution in [1.82, 2.24) is 25.0 Å². The molecule has 0 aliphatic rings. The number of hydrogen-bond donors (Lipinski definition) is 1. The van der Waals surface area contributed by atoms with Gasteiger partial charge < -0.3 is 10.5 Å². The lowest BCUT2D eigenvalue weighted by Gasteiger charge is -2.11. The molecule has 0 aliphatic carbocycles. The molecule has 0 saturated carbocycles. The molecule has 0 saturated heterocycles. The predicted molar refractivity (Wildman–Crippen MR) is 103 cm³/mol. The monoisotopic (exact) mass is 354 g/mol. The molecule has 7 nitrogen and oxygen atoms in total. The van der Waals surface area contributed by atoms with Crippen molar-refractivity contribution in [2.24, 2.45) is 0 Å². The Morgan fingerprint density at radius 3 is 2.59 bits per heavy atom. The van der Waals surface area contributed by atoms with Gasteiger partial charge in [-0.3, -0.25) is 0 Å². The van der Waals surface area contributed by atoms with E-state index in [1.54, 1.807) is 4.68 Å². The second kappa shape index (κ2) is 6.06. The van der Waals surface area contributed by atoms with Gasteiger partial charge in [0.15, 0.2) is 5.82 Å². The molecule has 0 bridgehead atoms. The van der Waals surface area contributed by atoms with Gasteiger partial charge in [0.1, 0.15) is 23.3 Å². The molecule has 0 aliphatic heterocycles. The summed E-state index contributed by atoms with van der Waals surface area (Å²) in [7, 11) is 0. The highest BCUT2D eigenvalue weighted by Gasteiger charge is 2.15. The fourth-order valence-corrected chi connectivity index (χ4v) is 2.99. The second-order valence-corrected chi connectivity index (χ2v) is 6.02. The summed E-state index contributed by atoms with van der Waals surface area (Å²) < 4.78 is 7.51. The van der Waals surface area contributed by atoms with Gasteiger partial charge in [-0.15, -0.1) is 5.10 Å². The van der Waals surface area contributed by atoms with Crippen LogP contribution in [-0.4, -0.2) is 25.0 Å². The minimum Gasteiger partial charge on any atom is -0.437 e. The first-order chi connectivity index (χ1) is 13.3. The van der Waals surface area contributed by atoms with Gasteiger partial charge in [0.2, 0.25) is 5.88 Å². The van der Waals surface area contributed by atoms with Gasteiger partial charge in [-0.1, -0.05) is 47.7 Å². The zero-order chi connectivity index (χ0) is 18.2. The van der Waals surface area contributed by atoms with Gasteiger partial charge in [0.25, 0.3) is 0 Å². The molecule has 0 unspecified atom stereocenters. The molecule has 2 heterocycles. The quantitative estimate of drug-likeness (QED) is 0.531. The van der Waals surface area contributed by atoms with Crippen molar-refractivity contribution in [3.8, 4) is 17.4 Å². The summed E-state index contributed by atoms with van der Waals surface area (Å²) in [5, 5.41) is 10.5. The van der Waals surface area contributed by atoms with E-state index in [4.69, 9.17) is 10.5 Å². The average Bonchev–Trinajstić information content (AvgIpc) is 3.13. The first kappa shape index (κ1) is 15.3. The Balaban J connectivity index is 1.56. The molecule has 2 aromatic heterocycles. The van der Waals surface area contributed by atoms with Crippen molar-refractivity contribution in [1.29, 1.82) is 0 Å². The van der Waals surface area contributed by atoms with Crippen molar-refractivity contribution in [2.45, 2.75) is 0 Å². The highest BCUT2D eigenvalue weighted by molar-refractivity contribution is 5.84. The van der Waals surface area contributed by atoms with E-state index in [9.17, 15) is 0 Å². The van der Waals surface area contributed by atoms with E-state index in [2.05, 4.69) is 20.3 Å². The maximum Gasteiger partial charge on any atom is 0.248 e. The first-order valence-electron chi connectivity index (χ1n) is 8.37. The van der Waals surface area contributed by atoms with Crippen LogP contribution >= 0.6 is 0 Å². The summed E-state index contributed by atoms with van der Waals surface area (Å²) in [6, 6.07) is 21.5. The molecular weight excluding hydrogens is 340 g/mol. The van der Waals surface area contributed by atoms with Crippen molar-refractivity contribution in [3.05, 3.63) is 73.1 Å². The number of nitrogens with two attached hydrogens (primary N) is 1. The van der Waals surface area contributed by atoms with Crippen LogP contribution in [0.5, 0.6) is 11.6 Å². The number of aromatic nitrogens is 5. The molecule has 0 atom stereocenters. The number of para-hydroxylation sites is 1. The Kier molecular flexibility index (Phi) is 3.43. The summed E-state index contributed by atoms with van der Waals surface area (Å²) in [5.74, 6) is 1.35. The lowest BCUT2D eigenvalue weighted by atomic mass is 10.1. The zero-order valence-electron chi connectivity index (χ0n) is 14.1. The number of benzene rings is 3. The third-order valence-corrected chi connectivity index (χ3v) is 4.31. The standard InChI is InChI=1S/C20H14N6O/c21-18-19(26-17-8-4-3-7-16(17)24-25-26)22-12-23-20(18)27-15-10-9-13-5-1-2-6-14(13)11-15/h1-12H,21H2. The smallest absolute Gasteiger partial charge is 0.248 e. The minimum atomic E-state index is 0.273. The molecule has 0 amide bonds. The van der Waals surface area contributed by atoms with Crippen molar-refractivity contribution < 1.29 is 4.74 Å². The Labute approximate surface area is 154 Å². The largest absolute Gasteiger partial charge is 0.437 e. The Bertz CT molecular complexity index is 1280. The number of nitrogen functional groups attached to an aromatic ring is 1. The van der Waals surface area contributed by atoms with E-state index in [-0.39, 0.29) is 5.88 Å². The second-order valence-electron chi connectivity index (χ2n) is 6.02. The molecule has 5 aromatic rings. The van der Waals surface area contributed by atoms with E-state index in [0.717, 1.165) is 21.8 Å². The van der Waals surface area contributed by atoms with Gasteiger partial charge in [-0.2, -0.15) is 9.67 Å². The lowest BCUT2D eigenvalue weighted by molar-refractivity contribution is 0.464. The van der Waals surface area contributed by atoms with Crippen LogP contribution in [0.2, 0.25) is 0 Å². The maximum absolute atomic E-state index is 6.29. The third-order valence-electron chi connectivity index (χ3n) is 4.31. The Hall–Kier alpha value is -4.00. The Morgan fingerprint density at radius 2 is 1.67 bits per heavy atom. The number of fused-ring (bicyclic) bond motifs is 2. The van der Waals surface area contributed by atoms with Crippen LogP contribution in [0.15, 0.2) is 73.1 Å². The third kappa shape index (κ3) is 2.62. The van der Waals surface area contributed by atoms with E-state index in [0.29, 0.717) is 17.3 Å². The van der Waals surface area contributed by atoms with Crippen LogP contribution in [0, 0.1) is 0 Å². The number of ether oxygens (including phenoxy) is 1. The Morgan fingerprint density at radius 1 is 0.852 bits per heavy atom. The fraction of sp³-hybridized carbons (Fsp3) is 0. The molecule has 27 heavy (non-hydrogen) atoms. The van der Waals surface area contributed by atoms with E-state index in [1.807, 2.05) is 66.7 Å².